The van der Waals surface area contributed by atoms with Gasteiger partial charge in [-0.25, -0.2) is 8.42 Å². The summed E-state index contributed by atoms with van der Waals surface area (Å²) in [6.07, 6.45) is 8.77. The predicted octanol–water partition coefficient (Wildman–Crippen LogP) is 3.55. The predicted molar refractivity (Wildman–Crippen MR) is 133 cm³/mol. The molecular formula is C26H35N3O4S. The van der Waals surface area contributed by atoms with Crippen LogP contribution in [0.25, 0.3) is 5.57 Å². The third kappa shape index (κ3) is 5.35. The molecule has 2 aliphatic rings. The highest BCUT2D eigenvalue weighted by Gasteiger charge is 2.38. The summed E-state index contributed by atoms with van der Waals surface area (Å²) in [4.78, 5) is 6.54. The fourth-order valence-corrected chi connectivity index (χ4v) is 6.58. The van der Waals surface area contributed by atoms with Gasteiger partial charge >= 0.3 is 0 Å². The van der Waals surface area contributed by atoms with Crippen LogP contribution in [0.2, 0.25) is 0 Å². The maximum Gasteiger partial charge on any atom is 0.247 e. The van der Waals surface area contributed by atoms with Crippen LogP contribution in [-0.2, 0) is 16.6 Å². The Kier molecular flexibility index (Phi) is 7.72. The van der Waals surface area contributed by atoms with E-state index in [4.69, 9.17) is 4.74 Å². The normalized spacial score (nSPS) is 23.5. The Bertz CT molecular complexity index is 1120. The molecule has 1 aliphatic heterocycles. The molecule has 1 aromatic carbocycles. The molecule has 8 heteroatoms. The number of hydrogen-bond donors (Lipinski definition) is 1. The van der Waals surface area contributed by atoms with E-state index in [1.807, 2.05) is 44.4 Å². The van der Waals surface area contributed by atoms with Gasteiger partial charge in [-0.05, 0) is 68.1 Å². The largest absolute Gasteiger partial charge is 0.487 e. The topological polar surface area (TPSA) is 83.0 Å². The molecule has 7 nitrogen and oxygen atoms in total. The first-order valence-corrected chi connectivity index (χ1v) is 13.4. The van der Waals surface area contributed by atoms with Gasteiger partial charge < -0.3 is 9.84 Å². The Morgan fingerprint density at radius 3 is 2.82 bits per heavy atom. The number of nitrogens with zero attached hydrogens (tertiary/aromatic N) is 3. The van der Waals surface area contributed by atoms with Crippen molar-refractivity contribution in [2.45, 2.75) is 56.7 Å². The summed E-state index contributed by atoms with van der Waals surface area (Å²) in [7, 11) is -1.79. The monoisotopic (exact) mass is 485 g/mol. The quantitative estimate of drug-likeness (QED) is 0.646. The zero-order chi connectivity index (χ0) is 24.3. The van der Waals surface area contributed by atoms with Crippen molar-refractivity contribution in [3.8, 4) is 5.75 Å². The van der Waals surface area contributed by atoms with Crippen molar-refractivity contribution in [2.75, 3.05) is 26.7 Å². The van der Waals surface area contributed by atoms with Crippen molar-refractivity contribution in [2.24, 2.45) is 5.92 Å². The molecular weight excluding hydrogens is 450 g/mol. The maximum absolute atomic E-state index is 13.6. The summed E-state index contributed by atoms with van der Waals surface area (Å²) < 4.78 is 35.2. The van der Waals surface area contributed by atoms with Crippen LogP contribution in [0.15, 0.2) is 53.7 Å². The van der Waals surface area contributed by atoms with Crippen LogP contribution in [0.1, 0.15) is 44.2 Å². The molecule has 1 aromatic heterocycles. The lowest BCUT2D eigenvalue weighted by molar-refractivity contribution is 0.0733. The van der Waals surface area contributed by atoms with Gasteiger partial charge in [0.25, 0.3) is 0 Å². The second-order valence-electron chi connectivity index (χ2n) is 9.58. The lowest BCUT2D eigenvalue weighted by Gasteiger charge is -2.37. The van der Waals surface area contributed by atoms with Gasteiger partial charge in [0.1, 0.15) is 16.7 Å². The van der Waals surface area contributed by atoms with Gasteiger partial charge in [0.05, 0.1) is 6.61 Å². The van der Waals surface area contributed by atoms with Crippen LogP contribution in [-0.4, -0.2) is 66.6 Å². The SMILES string of the molecule is C[C@H]1CN([C@@H](C)CO)S(=O)(=O)c2ccc(C3=CCCC3)cc2O[C@H]1CN(C)Cc1cccnc1. The first-order valence-electron chi connectivity index (χ1n) is 12.0. The lowest BCUT2D eigenvalue weighted by atomic mass is 10.0. The number of aromatic nitrogens is 1. The minimum atomic E-state index is -3.82. The third-order valence-corrected chi connectivity index (χ3v) is 8.77. The summed E-state index contributed by atoms with van der Waals surface area (Å²) in [5.74, 6) is 0.314. The zero-order valence-corrected chi connectivity index (χ0v) is 21.0. The molecule has 0 fully saturated rings. The van der Waals surface area contributed by atoms with E-state index in [0.717, 1.165) is 36.9 Å². The Hall–Kier alpha value is -2.26. The summed E-state index contributed by atoms with van der Waals surface area (Å²) >= 11 is 0. The number of rotatable bonds is 7. The molecule has 0 unspecified atom stereocenters. The highest BCUT2D eigenvalue weighted by Crippen LogP contribution is 2.37. The van der Waals surface area contributed by atoms with E-state index in [1.165, 1.54) is 9.88 Å². The fraction of sp³-hybridized carbons (Fsp3) is 0.500. The highest BCUT2D eigenvalue weighted by molar-refractivity contribution is 7.89. The Balaban J connectivity index is 1.69. The summed E-state index contributed by atoms with van der Waals surface area (Å²) in [5.41, 5.74) is 3.37. The standard InChI is InChI=1S/C26H35N3O4S/c1-19-15-29(20(2)18-30)34(31,32)26-11-10-23(22-8-4-5-9-22)13-24(26)33-25(19)17-28(3)16-21-7-6-12-27-14-21/h6-8,10-14,19-20,25,30H,4-5,9,15-18H2,1-3H3/t19-,20-,25-/m0/s1. The van der Waals surface area contributed by atoms with Crippen LogP contribution in [0.5, 0.6) is 5.75 Å². The van der Waals surface area contributed by atoms with Crippen molar-refractivity contribution in [1.82, 2.24) is 14.2 Å². The molecule has 3 atom stereocenters. The molecule has 0 bridgehead atoms. The number of aliphatic hydroxyl groups is 1. The number of hydrogen-bond acceptors (Lipinski definition) is 6. The molecule has 0 amide bonds. The molecule has 4 rings (SSSR count). The van der Waals surface area contributed by atoms with Crippen molar-refractivity contribution in [3.05, 3.63) is 59.9 Å². The number of benzene rings is 1. The molecule has 2 aromatic rings. The van der Waals surface area contributed by atoms with E-state index in [1.54, 1.807) is 19.2 Å². The second kappa shape index (κ2) is 10.6. The van der Waals surface area contributed by atoms with Crippen LogP contribution >= 0.6 is 0 Å². The van der Waals surface area contributed by atoms with Crippen LogP contribution in [0.3, 0.4) is 0 Å². The minimum Gasteiger partial charge on any atom is -0.487 e. The first kappa shape index (κ1) is 24.9. The van der Waals surface area contributed by atoms with E-state index in [0.29, 0.717) is 12.3 Å². The molecule has 1 N–H and O–H groups in total. The number of aliphatic hydroxyl groups excluding tert-OH is 1. The molecule has 0 saturated carbocycles. The van der Waals surface area contributed by atoms with Crippen LogP contribution < -0.4 is 4.74 Å². The van der Waals surface area contributed by atoms with Crippen LogP contribution in [0.4, 0.5) is 0 Å². The molecule has 34 heavy (non-hydrogen) atoms. The molecule has 0 radical (unpaired) electrons. The van der Waals surface area contributed by atoms with Gasteiger partial charge in [-0.1, -0.05) is 25.1 Å². The number of likely N-dealkylation sites (N-methyl/N-ethyl adjacent to an activating group) is 1. The summed E-state index contributed by atoms with van der Waals surface area (Å²) in [5, 5.41) is 9.82. The van der Waals surface area contributed by atoms with E-state index in [9.17, 15) is 13.5 Å². The van der Waals surface area contributed by atoms with E-state index in [2.05, 4.69) is 16.0 Å². The minimum absolute atomic E-state index is 0.0809. The number of fused-ring (bicyclic) bond motifs is 1. The summed E-state index contributed by atoms with van der Waals surface area (Å²) in [6.45, 7) is 5.15. The summed E-state index contributed by atoms with van der Waals surface area (Å²) in [6, 6.07) is 8.88. The smallest absolute Gasteiger partial charge is 0.247 e. The lowest BCUT2D eigenvalue weighted by Crippen LogP contribution is -2.49. The number of ether oxygens (including phenoxy) is 1. The van der Waals surface area contributed by atoms with E-state index >= 15 is 0 Å². The highest BCUT2D eigenvalue weighted by atomic mass is 32.2. The van der Waals surface area contributed by atoms with Crippen molar-refractivity contribution < 1.29 is 18.3 Å². The average molecular weight is 486 g/mol. The third-order valence-electron chi connectivity index (χ3n) is 6.75. The number of sulfonamides is 1. The molecule has 1 aliphatic carbocycles. The molecule has 184 valence electrons. The van der Waals surface area contributed by atoms with Crippen molar-refractivity contribution in [3.63, 3.8) is 0 Å². The number of pyridine rings is 1. The zero-order valence-electron chi connectivity index (χ0n) is 20.2. The van der Waals surface area contributed by atoms with E-state index in [-0.39, 0.29) is 30.1 Å². The van der Waals surface area contributed by atoms with Gasteiger partial charge in [0, 0.05) is 44.0 Å². The fourth-order valence-electron chi connectivity index (χ4n) is 4.75. The Labute approximate surface area is 203 Å². The van der Waals surface area contributed by atoms with Crippen molar-refractivity contribution >= 4 is 15.6 Å². The van der Waals surface area contributed by atoms with Gasteiger partial charge in [0.15, 0.2) is 0 Å². The first-order chi connectivity index (χ1) is 16.3. The Morgan fingerprint density at radius 1 is 1.32 bits per heavy atom. The van der Waals surface area contributed by atoms with Gasteiger partial charge in [-0.3, -0.25) is 9.88 Å². The van der Waals surface area contributed by atoms with Crippen molar-refractivity contribution in [1.29, 1.82) is 0 Å². The van der Waals surface area contributed by atoms with Gasteiger partial charge in [0.2, 0.25) is 10.0 Å². The molecule has 0 saturated heterocycles. The molecule has 0 spiro atoms. The van der Waals surface area contributed by atoms with Crippen LogP contribution in [0, 0.1) is 5.92 Å². The van der Waals surface area contributed by atoms with E-state index < -0.39 is 16.1 Å². The molecule has 2 heterocycles. The van der Waals surface area contributed by atoms with Gasteiger partial charge in [-0.2, -0.15) is 4.31 Å². The van der Waals surface area contributed by atoms with Gasteiger partial charge in [-0.15, -0.1) is 0 Å². The number of allylic oxidation sites excluding steroid dienone is 2. The average Bonchev–Trinajstić information content (AvgIpc) is 3.36. The second-order valence-corrected chi connectivity index (χ2v) is 11.4. The Morgan fingerprint density at radius 2 is 2.15 bits per heavy atom. The maximum atomic E-state index is 13.6.